The Bertz CT molecular complexity index is 733. The van der Waals surface area contributed by atoms with Gasteiger partial charge in [-0.3, -0.25) is 9.78 Å². The minimum atomic E-state index is 0.0159. The first-order chi connectivity index (χ1) is 10.9. The predicted molar refractivity (Wildman–Crippen MR) is 94.2 cm³/mol. The molecular formula is C19H23N3O. The van der Waals surface area contributed by atoms with Crippen molar-refractivity contribution in [2.75, 3.05) is 22.9 Å². The van der Waals surface area contributed by atoms with Crippen LogP contribution in [0.5, 0.6) is 0 Å². The molecule has 0 atom stereocenters. The van der Waals surface area contributed by atoms with Crippen molar-refractivity contribution in [3.8, 4) is 0 Å². The first-order valence-corrected chi connectivity index (χ1v) is 7.98. The van der Waals surface area contributed by atoms with Crippen molar-refractivity contribution in [2.45, 2.75) is 33.2 Å². The standard InChI is InChI=1S/C19H23N3O/c1-14-11-15(13-20-12-14)18(23)21-9-10-22(19(2,3)4)17-8-6-5-7-16(17)21/h5-8,11-13H,9-10H2,1-4H3. The minimum Gasteiger partial charge on any atom is -0.363 e. The molecule has 1 aliphatic rings. The number of pyridine rings is 1. The number of carbonyl (C=O) groups excluding carboxylic acids is 1. The number of hydrogen-bond acceptors (Lipinski definition) is 3. The third-order valence-electron chi connectivity index (χ3n) is 4.19. The Morgan fingerprint density at radius 1 is 1.09 bits per heavy atom. The summed E-state index contributed by atoms with van der Waals surface area (Å²) in [6, 6.07) is 10.0. The number of rotatable bonds is 1. The lowest BCUT2D eigenvalue weighted by molar-refractivity contribution is 0.0985. The summed E-state index contributed by atoms with van der Waals surface area (Å²) in [5.41, 5.74) is 3.75. The smallest absolute Gasteiger partial charge is 0.259 e. The molecule has 1 aromatic carbocycles. The fourth-order valence-electron chi connectivity index (χ4n) is 3.10. The van der Waals surface area contributed by atoms with Gasteiger partial charge in [-0.05, 0) is 51.5 Å². The minimum absolute atomic E-state index is 0.0159. The van der Waals surface area contributed by atoms with Crippen LogP contribution in [0.4, 0.5) is 11.4 Å². The van der Waals surface area contributed by atoms with Crippen LogP contribution in [0.3, 0.4) is 0 Å². The maximum Gasteiger partial charge on any atom is 0.259 e. The zero-order valence-electron chi connectivity index (χ0n) is 14.2. The van der Waals surface area contributed by atoms with Crippen LogP contribution in [0.15, 0.2) is 42.7 Å². The maximum atomic E-state index is 12.9. The molecule has 0 spiro atoms. The molecule has 0 saturated carbocycles. The number of nitrogens with zero attached hydrogens (tertiary/aromatic N) is 3. The van der Waals surface area contributed by atoms with Crippen LogP contribution in [0.1, 0.15) is 36.7 Å². The molecule has 120 valence electrons. The average Bonchev–Trinajstić information content (AvgIpc) is 2.52. The molecular weight excluding hydrogens is 286 g/mol. The lowest BCUT2D eigenvalue weighted by Crippen LogP contribution is -2.51. The van der Waals surface area contributed by atoms with E-state index in [1.165, 1.54) is 0 Å². The largest absolute Gasteiger partial charge is 0.363 e. The van der Waals surface area contributed by atoms with Gasteiger partial charge in [-0.25, -0.2) is 0 Å². The highest BCUT2D eigenvalue weighted by molar-refractivity contribution is 6.08. The van der Waals surface area contributed by atoms with Crippen LogP contribution in [-0.4, -0.2) is 29.5 Å². The Labute approximate surface area is 137 Å². The fourth-order valence-corrected chi connectivity index (χ4v) is 3.10. The summed E-state index contributed by atoms with van der Waals surface area (Å²) in [5.74, 6) is 0.0159. The van der Waals surface area contributed by atoms with E-state index in [0.29, 0.717) is 12.1 Å². The first-order valence-electron chi connectivity index (χ1n) is 7.98. The van der Waals surface area contributed by atoms with Gasteiger partial charge in [-0.2, -0.15) is 0 Å². The highest BCUT2D eigenvalue weighted by Crippen LogP contribution is 2.37. The number of aryl methyl sites for hydroxylation is 1. The quantitative estimate of drug-likeness (QED) is 0.806. The van der Waals surface area contributed by atoms with Gasteiger partial charge in [0.2, 0.25) is 0 Å². The molecule has 3 rings (SSSR count). The lowest BCUT2D eigenvalue weighted by atomic mass is 10.0. The summed E-state index contributed by atoms with van der Waals surface area (Å²) < 4.78 is 0. The summed E-state index contributed by atoms with van der Waals surface area (Å²) in [5, 5.41) is 0. The summed E-state index contributed by atoms with van der Waals surface area (Å²) in [6.45, 7) is 10.1. The lowest BCUT2D eigenvalue weighted by Gasteiger charge is -2.44. The van der Waals surface area contributed by atoms with Gasteiger partial charge in [0.1, 0.15) is 0 Å². The number of anilines is 2. The molecule has 0 bridgehead atoms. The molecule has 1 aliphatic heterocycles. The summed E-state index contributed by atoms with van der Waals surface area (Å²) in [7, 11) is 0. The zero-order chi connectivity index (χ0) is 16.6. The van der Waals surface area contributed by atoms with Gasteiger partial charge in [0, 0.05) is 31.0 Å². The Morgan fingerprint density at radius 3 is 2.43 bits per heavy atom. The second kappa shape index (κ2) is 5.69. The zero-order valence-corrected chi connectivity index (χ0v) is 14.2. The van der Waals surface area contributed by atoms with E-state index in [4.69, 9.17) is 0 Å². The van der Waals surface area contributed by atoms with Crippen LogP contribution >= 0.6 is 0 Å². The van der Waals surface area contributed by atoms with Gasteiger partial charge >= 0.3 is 0 Å². The first kappa shape index (κ1) is 15.5. The van der Waals surface area contributed by atoms with E-state index in [-0.39, 0.29) is 11.4 Å². The fraction of sp³-hybridized carbons (Fsp3) is 0.368. The summed E-state index contributed by atoms with van der Waals surface area (Å²) in [4.78, 5) is 21.3. The Hall–Kier alpha value is -2.36. The second-order valence-corrected chi connectivity index (χ2v) is 7.02. The van der Waals surface area contributed by atoms with Crippen LogP contribution < -0.4 is 9.80 Å². The predicted octanol–water partition coefficient (Wildman–Crippen LogP) is 3.66. The van der Waals surface area contributed by atoms with Crippen molar-refractivity contribution in [3.63, 3.8) is 0 Å². The monoisotopic (exact) mass is 309 g/mol. The molecule has 4 heteroatoms. The Balaban J connectivity index is 2.00. The van der Waals surface area contributed by atoms with E-state index in [2.05, 4.69) is 36.7 Å². The van der Waals surface area contributed by atoms with Crippen LogP contribution in [0, 0.1) is 6.92 Å². The van der Waals surface area contributed by atoms with Gasteiger partial charge in [0.25, 0.3) is 5.91 Å². The van der Waals surface area contributed by atoms with Gasteiger partial charge in [0.05, 0.1) is 16.9 Å². The third kappa shape index (κ3) is 2.93. The molecule has 1 aromatic heterocycles. The van der Waals surface area contributed by atoms with E-state index >= 15 is 0 Å². The number of benzene rings is 1. The van der Waals surface area contributed by atoms with Crippen molar-refractivity contribution in [2.24, 2.45) is 0 Å². The highest BCUT2D eigenvalue weighted by atomic mass is 16.2. The van der Waals surface area contributed by atoms with Crippen molar-refractivity contribution >= 4 is 17.3 Å². The molecule has 4 nitrogen and oxygen atoms in total. The molecule has 0 unspecified atom stereocenters. The number of fused-ring (bicyclic) bond motifs is 1. The van der Waals surface area contributed by atoms with Gasteiger partial charge in [-0.1, -0.05) is 12.1 Å². The average molecular weight is 309 g/mol. The summed E-state index contributed by atoms with van der Waals surface area (Å²) in [6.07, 6.45) is 3.41. The molecule has 0 fully saturated rings. The third-order valence-corrected chi connectivity index (χ3v) is 4.19. The topological polar surface area (TPSA) is 36.4 Å². The molecule has 0 aliphatic carbocycles. The van der Waals surface area contributed by atoms with E-state index in [1.807, 2.05) is 36.1 Å². The van der Waals surface area contributed by atoms with Crippen LogP contribution in [0.25, 0.3) is 0 Å². The Kier molecular flexibility index (Phi) is 3.84. The molecule has 2 aromatic rings. The van der Waals surface area contributed by atoms with Crippen molar-refractivity contribution in [1.29, 1.82) is 0 Å². The van der Waals surface area contributed by atoms with Crippen molar-refractivity contribution in [3.05, 3.63) is 53.9 Å². The molecule has 0 radical (unpaired) electrons. The molecule has 0 saturated heterocycles. The number of hydrogen-bond donors (Lipinski definition) is 0. The van der Waals surface area contributed by atoms with Gasteiger partial charge in [0.15, 0.2) is 0 Å². The number of para-hydroxylation sites is 2. The number of carbonyl (C=O) groups is 1. The van der Waals surface area contributed by atoms with E-state index < -0.39 is 0 Å². The number of amides is 1. The van der Waals surface area contributed by atoms with E-state index in [9.17, 15) is 4.79 Å². The summed E-state index contributed by atoms with van der Waals surface area (Å²) >= 11 is 0. The van der Waals surface area contributed by atoms with E-state index in [0.717, 1.165) is 23.5 Å². The SMILES string of the molecule is Cc1cncc(C(=O)N2CCN(C(C)(C)C)c3ccccc32)c1. The normalized spacial score (nSPS) is 14.6. The van der Waals surface area contributed by atoms with Crippen molar-refractivity contribution in [1.82, 2.24) is 4.98 Å². The maximum absolute atomic E-state index is 12.9. The molecule has 23 heavy (non-hydrogen) atoms. The van der Waals surface area contributed by atoms with Crippen LogP contribution in [0.2, 0.25) is 0 Å². The Morgan fingerprint density at radius 2 is 1.78 bits per heavy atom. The van der Waals surface area contributed by atoms with Crippen LogP contribution in [-0.2, 0) is 0 Å². The second-order valence-electron chi connectivity index (χ2n) is 7.02. The van der Waals surface area contributed by atoms with Crippen molar-refractivity contribution < 1.29 is 4.79 Å². The van der Waals surface area contributed by atoms with Gasteiger partial charge < -0.3 is 9.80 Å². The number of aromatic nitrogens is 1. The van der Waals surface area contributed by atoms with Gasteiger partial charge in [-0.15, -0.1) is 0 Å². The molecule has 1 amide bonds. The molecule has 0 N–H and O–H groups in total. The van der Waals surface area contributed by atoms with E-state index in [1.54, 1.807) is 12.4 Å². The highest BCUT2D eigenvalue weighted by Gasteiger charge is 2.32. The molecule has 2 heterocycles.